The van der Waals surface area contributed by atoms with E-state index in [4.69, 9.17) is 14.2 Å². The number of fused-ring (bicyclic) bond motifs is 1. The molecule has 29 heavy (non-hydrogen) atoms. The Bertz CT molecular complexity index is 1120. The molecule has 6 heteroatoms. The lowest BCUT2D eigenvalue weighted by molar-refractivity contribution is 0.0734. The molecule has 6 nitrogen and oxygen atoms in total. The number of benzene rings is 2. The van der Waals surface area contributed by atoms with Gasteiger partial charge in [0.15, 0.2) is 5.76 Å². The second-order valence-corrected chi connectivity index (χ2v) is 6.46. The van der Waals surface area contributed by atoms with Crippen molar-refractivity contribution in [2.75, 3.05) is 7.11 Å². The van der Waals surface area contributed by atoms with Gasteiger partial charge in [-0.05, 0) is 60.5 Å². The van der Waals surface area contributed by atoms with E-state index in [0.717, 1.165) is 5.56 Å². The number of esters is 1. The Morgan fingerprint density at radius 1 is 1.10 bits per heavy atom. The predicted molar refractivity (Wildman–Crippen MR) is 106 cm³/mol. The lowest BCUT2D eigenvalue weighted by atomic mass is 10.0. The van der Waals surface area contributed by atoms with Crippen LogP contribution in [0.2, 0.25) is 0 Å². The van der Waals surface area contributed by atoms with Crippen LogP contribution in [0.15, 0.2) is 66.7 Å². The molecule has 0 bridgehead atoms. The maximum Gasteiger partial charge on any atom is 0.343 e. The third kappa shape index (κ3) is 3.73. The minimum atomic E-state index is -0.512. The minimum absolute atomic E-state index is 0.203. The summed E-state index contributed by atoms with van der Waals surface area (Å²) >= 11 is 0. The largest absolute Gasteiger partial charge is 0.497 e. The number of hydrogen-bond acceptors (Lipinski definition) is 6. The molecule has 0 atom stereocenters. The molecule has 1 aliphatic rings. The number of aryl methyl sites for hydroxylation is 1. The number of methoxy groups -OCH3 is 1. The van der Waals surface area contributed by atoms with Crippen molar-refractivity contribution in [1.82, 2.24) is 4.98 Å². The van der Waals surface area contributed by atoms with E-state index in [0.29, 0.717) is 33.9 Å². The minimum Gasteiger partial charge on any atom is -0.497 e. The molecule has 0 fully saturated rings. The smallest absolute Gasteiger partial charge is 0.343 e. The highest BCUT2D eigenvalue weighted by atomic mass is 16.5. The average molecular weight is 387 g/mol. The summed E-state index contributed by atoms with van der Waals surface area (Å²) in [6.45, 7) is 1.78. The lowest BCUT2D eigenvalue weighted by Crippen LogP contribution is -2.08. The van der Waals surface area contributed by atoms with Gasteiger partial charge in [0, 0.05) is 18.5 Å². The van der Waals surface area contributed by atoms with E-state index in [9.17, 15) is 9.59 Å². The first-order chi connectivity index (χ1) is 14.0. The number of allylic oxidation sites excluding steroid dienone is 1. The van der Waals surface area contributed by atoms with E-state index in [1.807, 2.05) is 6.07 Å². The molecule has 0 unspecified atom stereocenters. The van der Waals surface area contributed by atoms with Crippen LogP contribution >= 0.6 is 0 Å². The van der Waals surface area contributed by atoms with Gasteiger partial charge in [-0.2, -0.15) is 0 Å². The van der Waals surface area contributed by atoms with Gasteiger partial charge in [0.05, 0.1) is 18.2 Å². The number of nitrogens with zero attached hydrogens (tertiary/aromatic N) is 1. The predicted octanol–water partition coefficient (Wildman–Crippen LogP) is 4.23. The molecule has 0 saturated heterocycles. The molecule has 0 radical (unpaired) electrons. The zero-order valence-corrected chi connectivity index (χ0v) is 15.8. The van der Waals surface area contributed by atoms with Gasteiger partial charge in [0.2, 0.25) is 5.78 Å². The highest BCUT2D eigenvalue weighted by Gasteiger charge is 2.30. The van der Waals surface area contributed by atoms with Crippen LogP contribution in [0.5, 0.6) is 17.2 Å². The molecule has 0 saturated carbocycles. The Hall–Kier alpha value is -3.93. The van der Waals surface area contributed by atoms with Gasteiger partial charge in [-0.25, -0.2) is 4.79 Å². The van der Waals surface area contributed by atoms with Gasteiger partial charge in [0.1, 0.15) is 17.2 Å². The molecular weight excluding hydrogens is 370 g/mol. The van der Waals surface area contributed by atoms with E-state index in [-0.39, 0.29) is 11.5 Å². The average Bonchev–Trinajstić information content (AvgIpc) is 3.04. The fraction of sp³-hybridized carbons (Fsp3) is 0.0870. The topological polar surface area (TPSA) is 74.7 Å². The monoisotopic (exact) mass is 387 g/mol. The van der Waals surface area contributed by atoms with Crippen LogP contribution in [0.3, 0.4) is 0 Å². The summed E-state index contributed by atoms with van der Waals surface area (Å²) in [7, 11) is 1.55. The Balaban J connectivity index is 1.58. The molecule has 2 aromatic carbocycles. The summed E-state index contributed by atoms with van der Waals surface area (Å²) in [5.41, 5.74) is 2.27. The van der Waals surface area contributed by atoms with E-state index in [2.05, 4.69) is 4.98 Å². The third-order valence-electron chi connectivity index (χ3n) is 4.46. The number of rotatable bonds is 4. The molecule has 144 valence electrons. The summed E-state index contributed by atoms with van der Waals surface area (Å²) in [5, 5.41) is 0. The summed E-state index contributed by atoms with van der Waals surface area (Å²) in [6, 6.07) is 13.4. The molecule has 0 spiro atoms. The van der Waals surface area contributed by atoms with Crippen LogP contribution in [0.4, 0.5) is 0 Å². The van der Waals surface area contributed by atoms with E-state index in [1.54, 1.807) is 75.0 Å². The van der Waals surface area contributed by atoms with Crippen LogP contribution < -0.4 is 14.2 Å². The molecule has 4 rings (SSSR count). The quantitative estimate of drug-likeness (QED) is 0.379. The Morgan fingerprint density at radius 2 is 1.90 bits per heavy atom. The molecule has 0 aliphatic carbocycles. The number of ether oxygens (including phenoxy) is 3. The van der Waals surface area contributed by atoms with Crippen molar-refractivity contribution in [2.24, 2.45) is 0 Å². The zero-order chi connectivity index (χ0) is 20.4. The van der Waals surface area contributed by atoms with Gasteiger partial charge >= 0.3 is 5.97 Å². The second-order valence-electron chi connectivity index (χ2n) is 6.46. The number of carbonyl (C=O) groups is 2. The van der Waals surface area contributed by atoms with Crippen LogP contribution in [-0.2, 0) is 0 Å². The molecule has 3 aromatic rings. The van der Waals surface area contributed by atoms with E-state index < -0.39 is 5.97 Å². The van der Waals surface area contributed by atoms with Crippen molar-refractivity contribution in [2.45, 2.75) is 6.92 Å². The number of aromatic nitrogens is 1. The Labute approximate surface area is 167 Å². The van der Waals surface area contributed by atoms with Gasteiger partial charge in [-0.15, -0.1) is 0 Å². The number of hydrogen-bond donors (Lipinski definition) is 0. The SMILES string of the molecule is COc1ccc(C(=O)Oc2cc(C)c3c(c2)OC(=Cc2cccnc2)C3=O)cc1. The summed E-state index contributed by atoms with van der Waals surface area (Å²) in [5.74, 6) is 0.793. The van der Waals surface area contributed by atoms with Crippen molar-refractivity contribution in [3.63, 3.8) is 0 Å². The van der Waals surface area contributed by atoms with Crippen molar-refractivity contribution in [3.05, 3.63) is 88.9 Å². The Kier molecular flexibility index (Phi) is 4.83. The molecule has 2 heterocycles. The first-order valence-electron chi connectivity index (χ1n) is 8.90. The van der Waals surface area contributed by atoms with Gasteiger partial charge < -0.3 is 14.2 Å². The van der Waals surface area contributed by atoms with Crippen LogP contribution in [0, 0.1) is 6.92 Å². The van der Waals surface area contributed by atoms with Crippen molar-refractivity contribution in [1.29, 1.82) is 0 Å². The molecule has 1 aliphatic heterocycles. The van der Waals surface area contributed by atoms with Gasteiger partial charge in [0.25, 0.3) is 0 Å². The molecular formula is C23H17NO5. The third-order valence-corrected chi connectivity index (χ3v) is 4.46. The number of pyridine rings is 1. The lowest BCUT2D eigenvalue weighted by Gasteiger charge is -2.08. The van der Waals surface area contributed by atoms with Gasteiger partial charge in [-0.3, -0.25) is 9.78 Å². The van der Waals surface area contributed by atoms with Crippen LogP contribution in [-0.4, -0.2) is 23.8 Å². The van der Waals surface area contributed by atoms with Crippen LogP contribution in [0.1, 0.15) is 31.8 Å². The van der Waals surface area contributed by atoms with Gasteiger partial charge in [-0.1, -0.05) is 6.07 Å². The van der Waals surface area contributed by atoms with Crippen molar-refractivity contribution < 1.29 is 23.8 Å². The number of carbonyl (C=O) groups excluding carboxylic acids is 2. The van der Waals surface area contributed by atoms with Crippen LogP contribution in [0.25, 0.3) is 6.08 Å². The number of ketones is 1. The van der Waals surface area contributed by atoms with Crippen molar-refractivity contribution >= 4 is 17.8 Å². The first-order valence-corrected chi connectivity index (χ1v) is 8.90. The molecule has 1 aromatic heterocycles. The summed E-state index contributed by atoms with van der Waals surface area (Å²) in [4.78, 5) is 29.1. The maximum absolute atomic E-state index is 12.7. The number of Topliss-reactive ketones (excluding diaryl/α,β-unsaturated/α-hetero) is 1. The fourth-order valence-electron chi connectivity index (χ4n) is 3.04. The highest BCUT2D eigenvalue weighted by Crippen LogP contribution is 2.37. The zero-order valence-electron chi connectivity index (χ0n) is 15.8. The Morgan fingerprint density at radius 3 is 2.59 bits per heavy atom. The highest BCUT2D eigenvalue weighted by molar-refractivity contribution is 6.15. The van der Waals surface area contributed by atoms with Crippen molar-refractivity contribution in [3.8, 4) is 17.2 Å². The molecule has 0 amide bonds. The maximum atomic E-state index is 12.7. The normalized spacial score (nSPS) is 13.7. The first kappa shape index (κ1) is 18.4. The standard InChI is InChI=1S/C23H17NO5/c1-14-10-18(28-23(26)16-5-7-17(27-2)8-6-16)12-19-21(14)22(25)20(29-19)11-15-4-3-9-24-13-15/h3-13H,1-2H3. The van der Waals surface area contributed by atoms with E-state index in [1.165, 1.54) is 0 Å². The second kappa shape index (κ2) is 7.59. The molecule has 0 N–H and O–H groups in total. The fourth-order valence-corrected chi connectivity index (χ4v) is 3.04. The summed E-state index contributed by atoms with van der Waals surface area (Å²) < 4.78 is 16.3. The van der Waals surface area contributed by atoms with E-state index >= 15 is 0 Å². The summed E-state index contributed by atoms with van der Waals surface area (Å²) in [6.07, 6.45) is 4.93.